The predicted octanol–water partition coefficient (Wildman–Crippen LogP) is 0.405. The summed E-state index contributed by atoms with van der Waals surface area (Å²) in [7, 11) is 1.94. The summed E-state index contributed by atoms with van der Waals surface area (Å²) in [4.78, 5) is 8.52. The summed E-state index contributed by atoms with van der Waals surface area (Å²) in [6, 6.07) is 0.553. The standard InChI is InChI=1S/C11H17N7/c1-12-5-2-6-18-11-9(16-17-18)10(13-7-14-11)15-8-3-4-8/h7-8,12H,2-6H2,1H3,(H,13,14,15). The van der Waals surface area contributed by atoms with Gasteiger partial charge < -0.3 is 10.6 Å². The fourth-order valence-electron chi connectivity index (χ4n) is 1.87. The molecule has 0 atom stereocenters. The van der Waals surface area contributed by atoms with E-state index in [9.17, 15) is 0 Å². The number of fused-ring (bicyclic) bond motifs is 1. The summed E-state index contributed by atoms with van der Waals surface area (Å²) in [5.41, 5.74) is 1.58. The number of aromatic nitrogens is 5. The van der Waals surface area contributed by atoms with Gasteiger partial charge in [-0.1, -0.05) is 5.21 Å². The zero-order valence-corrected chi connectivity index (χ0v) is 10.4. The first-order valence-corrected chi connectivity index (χ1v) is 6.34. The van der Waals surface area contributed by atoms with E-state index in [0.29, 0.717) is 6.04 Å². The molecule has 7 nitrogen and oxygen atoms in total. The number of rotatable bonds is 6. The van der Waals surface area contributed by atoms with Crippen LogP contribution in [0.25, 0.3) is 11.2 Å². The van der Waals surface area contributed by atoms with E-state index in [4.69, 9.17) is 0 Å². The highest BCUT2D eigenvalue weighted by Crippen LogP contribution is 2.26. The number of hydrogen-bond donors (Lipinski definition) is 2. The molecular formula is C11H17N7. The van der Waals surface area contributed by atoms with E-state index in [1.54, 1.807) is 6.33 Å². The topological polar surface area (TPSA) is 80.5 Å². The van der Waals surface area contributed by atoms with Gasteiger partial charge in [0, 0.05) is 12.6 Å². The molecule has 1 aliphatic rings. The SMILES string of the molecule is CNCCCn1nnc2c(NC3CC3)ncnc21. The Bertz CT molecular complexity index is 531. The van der Waals surface area contributed by atoms with Crippen LogP contribution in [0.15, 0.2) is 6.33 Å². The van der Waals surface area contributed by atoms with Crippen molar-refractivity contribution in [3.63, 3.8) is 0 Å². The average molecular weight is 247 g/mol. The fourth-order valence-corrected chi connectivity index (χ4v) is 1.87. The van der Waals surface area contributed by atoms with Crippen LogP contribution in [-0.4, -0.2) is 44.6 Å². The molecule has 0 saturated heterocycles. The smallest absolute Gasteiger partial charge is 0.183 e. The van der Waals surface area contributed by atoms with Crippen molar-refractivity contribution in [2.24, 2.45) is 0 Å². The maximum atomic E-state index is 4.27. The van der Waals surface area contributed by atoms with Gasteiger partial charge in [-0.05, 0) is 32.9 Å². The van der Waals surface area contributed by atoms with Crippen molar-refractivity contribution >= 4 is 17.0 Å². The van der Waals surface area contributed by atoms with Gasteiger partial charge in [0.25, 0.3) is 0 Å². The van der Waals surface area contributed by atoms with Gasteiger partial charge >= 0.3 is 0 Å². The van der Waals surface area contributed by atoms with Crippen molar-refractivity contribution in [2.45, 2.75) is 31.8 Å². The molecule has 2 heterocycles. The molecule has 18 heavy (non-hydrogen) atoms. The van der Waals surface area contributed by atoms with Crippen molar-refractivity contribution in [2.75, 3.05) is 18.9 Å². The van der Waals surface area contributed by atoms with Crippen LogP contribution >= 0.6 is 0 Å². The largest absolute Gasteiger partial charge is 0.365 e. The summed E-state index contributed by atoms with van der Waals surface area (Å²) >= 11 is 0. The molecule has 96 valence electrons. The van der Waals surface area contributed by atoms with Crippen LogP contribution in [-0.2, 0) is 6.54 Å². The summed E-state index contributed by atoms with van der Waals surface area (Å²) in [6.45, 7) is 1.77. The Kier molecular flexibility index (Phi) is 3.06. The van der Waals surface area contributed by atoms with Crippen LogP contribution in [0.1, 0.15) is 19.3 Å². The molecule has 1 aliphatic carbocycles. The summed E-state index contributed by atoms with van der Waals surface area (Å²) < 4.78 is 1.84. The average Bonchev–Trinajstić information content (AvgIpc) is 3.10. The first-order chi connectivity index (χ1) is 8.88. The van der Waals surface area contributed by atoms with Crippen LogP contribution < -0.4 is 10.6 Å². The molecule has 0 unspecified atom stereocenters. The number of anilines is 1. The Balaban J connectivity index is 1.83. The maximum Gasteiger partial charge on any atom is 0.183 e. The Hall–Kier alpha value is -1.76. The zero-order chi connectivity index (χ0) is 12.4. The van der Waals surface area contributed by atoms with Crippen LogP contribution in [0, 0.1) is 0 Å². The molecule has 0 spiro atoms. The van der Waals surface area contributed by atoms with Gasteiger partial charge in [0.05, 0.1) is 0 Å². The second kappa shape index (κ2) is 4.85. The van der Waals surface area contributed by atoms with E-state index in [1.807, 2.05) is 11.7 Å². The molecular weight excluding hydrogens is 230 g/mol. The highest BCUT2D eigenvalue weighted by molar-refractivity contribution is 5.82. The molecule has 2 aromatic heterocycles. The number of nitrogens with zero attached hydrogens (tertiary/aromatic N) is 5. The lowest BCUT2D eigenvalue weighted by Crippen LogP contribution is -2.12. The van der Waals surface area contributed by atoms with Crippen molar-refractivity contribution in [3.05, 3.63) is 6.33 Å². The van der Waals surface area contributed by atoms with Crippen LogP contribution in [0.2, 0.25) is 0 Å². The quantitative estimate of drug-likeness (QED) is 0.719. The van der Waals surface area contributed by atoms with Gasteiger partial charge in [-0.2, -0.15) is 0 Å². The third kappa shape index (κ3) is 2.26. The third-order valence-corrected chi connectivity index (χ3v) is 3.02. The molecule has 0 amide bonds. The van der Waals surface area contributed by atoms with E-state index in [-0.39, 0.29) is 0 Å². The van der Waals surface area contributed by atoms with Crippen molar-refractivity contribution in [3.8, 4) is 0 Å². The van der Waals surface area contributed by atoms with E-state index in [0.717, 1.165) is 36.5 Å². The first kappa shape index (κ1) is 11.3. The number of hydrogen-bond acceptors (Lipinski definition) is 6. The molecule has 0 radical (unpaired) electrons. The van der Waals surface area contributed by atoms with Gasteiger partial charge in [0.1, 0.15) is 6.33 Å². The number of nitrogens with one attached hydrogen (secondary N) is 2. The van der Waals surface area contributed by atoms with Crippen LogP contribution in [0.3, 0.4) is 0 Å². The highest BCUT2D eigenvalue weighted by Gasteiger charge is 2.23. The van der Waals surface area contributed by atoms with Crippen molar-refractivity contribution < 1.29 is 0 Å². The van der Waals surface area contributed by atoms with Gasteiger partial charge in [-0.25, -0.2) is 14.6 Å². The van der Waals surface area contributed by atoms with E-state index < -0.39 is 0 Å². The molecule has 3 rings (SSSR count). The molecule has 0 bridgehead atoms. The second-order valence-corrected chi connectivity index (χ2v) is 4.58. The Morgan fingerprint density at radius 3 is 3.06 bits per heavy atom. The fraction of sp³-hybridized carbons (Fsp3) is 0.636. The lowest BCUT2D eigenvalue weighted by molar-refractivity contribution is 0.555. The maximum absolute atomic E-state index is 4.27. The second-order valence-electron chi connectivity index (χ2n) is 4.58. The van der Waals surface area contributed by atoms with Gasteiger partial charge in [0.15, 0.2) is 17.0 Å². The first-order valence-electron chi connectivity index (χ1n) is 6.34. The molecule has 7 heteroatoms. The van der Waals surface area contributed by atoms with E-state index in [2.05, 4.69) is 30.9 Å². The van der Waals surface area contributed by atoms with Gasteiger partial charge in [-0.15, -0.1) is 5.10 Å². The molecule has 2 N–H and O–H groups in total. The van der Waals surface area contributed by atoms with Crippen LogP contribution in [0.4, 0.5) is 5.82 Å². The Labute approximate surface area is 105 Å². The summed E-state index contributed by atoms with van der Waals surface area (Å²) in [5.74, 6) is 0.808. The highest BCUT2D eigenvalue weighted by atomic mass is 15.4. The Morgan fingerprint density at radius 1 is 1.39 bits per heavy atom. The molecule has 1 fully saturated rings. The number of aryl methyl sites for hydroxylation is 1. The Morgan fingerprint density at radius 2 is 2.28 bits per heavy atom. The minimum atomic E-state index is 0.553. The van der Waals surface area contributed by atoms with Gasteiger partial charge in [-0.3, -0.25) is 0 Å². The summed E-state index contributed by atoms with van der Waals surface area (Å²) in [6.07, 6.45) is 5.00. The van der Waals surface area contributed by atoms with E-state index in [1.165, 1.54) is 12.8 Å². The monoisotopic (exact) mass is 247 g/mol. The predicted molar refractivity (Wildman–Crippen MR) is 68.3 cm³/mol. The van der Waals surface area contributed by atoms with E-state index >= 15 is 0 Å². The molecule has 0 aromatic carbocycles. The molecule has 0 aliphatic heterocycles. The molecule has 1 saturated carbocycles. The van der Waals surface area contributed by atoms with Crippen molar-refractivity contribution in [1.29, 1.82) is 0 Å². The minimum absolute atomic E-state index is 0.553. The lowest BCUT2D eigenvalue weighted by Gasteiger charge is -2.03. The van der Waals surface area contributed by atoms with Crippen molar-refractivity contribution in [1.82, 2.24) is 30.3 Å². The lowest BCUT2D eigenvalue weighted by atomic mass is 10.4. The van der Waals surface area contributed by atoms with Gasteiger partial charge in [0.2, 0.25) is 0 Å². The minimum Gasteiger partial charge on any atom is -0.365 e. The van der Waals surface area contributed by atoms with Crippen LogP contribution in [0.5, 0.6) is 0 Å². The third-order valence-electron chi connectivity index (χ3n) is 3.02. The zero-order valence-electron chi connectivity index (χ0n) is 10.4. The summed E-state index contributed by atoms with van der Waals surface area (Å²) in [5, 5.41) is 14.8. The molecule has 2 aromatic rings. The normalized spacial score (nSPS) is 15.2.